The number of amidine groups is 1. The molecule has 0 saturated heterocycles. The summed E-state index contributed by atoms with van der Waals surface area (Å²) in [4.78, 5) is 4.40. The minimum absolute atomic E-state index is 0.0648. The number of nitrogens with two attached hydrogens (primary N) is 1. The maximum absolute atomic E-state index is 5.61. The van der Waals surface area contributed by atoms with Crippen molar-refractivity contribution in [2.24, 2.45) is 10.7 Å². The summed E-state index contributed by atoms with van der Waals surface area (Å²) in [6.45, 7) is 4.14. The van der Waals surface area contributed by atoms with Crippen LogP contribution in [-0.2, 0) is 4.74 Å². The maximum atomic E-state index is 5.61. The third-order valence-corrected chi connectivity index (χ3v) is 3.03. The van der Waals surface area contributed by atoms with Gasteiger partial charge in [0, 0.05) is 0 Å². The summed E-state index contributed by atoms with van der Waals surface area (Å²) in [5.74, 6) is 0.967. The molecular formula is C10H16N2O. The molecule has 0 spiro atoms. The van der Waals surface area contributed by atoms with Crippen LogP contribution in [0.15, 0.2) is 16.3 Å². The van der Waals surface area contributed by atoms with Crippen LogP contribution in [0.1, 0.15) is 39.5 Å². The molecule has 0 aromatic rings. The summed E-state index contributed by atoms with van der Waals surface area (Å²) in [5.41, 5.74) is 6.89. The lowest BCUT2D eigenvalue weighted by Crippen LogP contribution is -2.37. The van der Waals surface area contributed by atoms with Gasteiger partial charge in [0.1, 0.15) is 5.76 Å². The first-order valence-electron chi connectivity index (χ1n) is 4.85. The summed E-state index contributed by atoms with van der Waals surface area (Å²) in [7, 11) is 0. The molecule has 3 nitrogen and oxygen atoms in total. The van der Waals surface area contributed by atoms with Crippen LogP contribution in [0.5, 0.6) is 0 Å². The van der Waals surface area contributed by atoms with E-state index in [9.17, 15) is 0 Å². The first-order chi connectivity index (χ1) is 6.12. The van der Waals surface area contributed by atoms with Crippen molar-refractivity contribution in [1.29, 1.82) is 0 Å². The molecule has 1 unspecified atom stereocenters. The van der Waals surface area contributed by atoms with Crippen LogP contribution in [0.25, 0.3) is 0 Å². The van der Waals surface area contributed by atoms with Gasteiger partial charge in [0.15, 0.2) is 0 Å². The number of nitrogens with zero attached hydrogens (tertiary/aromatic N) is 1. The zero-order chi connectivity index (χ0) is 9.47. The van der Waals surface area contributed by atoms with E-state index in [4.69, 9.17) is 10.5 Å². The summed E-state index contributed by atoms with van der Waals surface area (Å²) in [5, 5.41) is 0. The molecule has 0 bridgehead atoms. The van der Waals surface area contributed by atoms with Crippen molar-refractivity contribution in [1.82, 2.24) is 0 Å². The molecule has 1 fully saturated rings. The lowest BCUT2D eigenvalue weighted by Gasteiger charge is -2.36. The zero-order valence-corrected chi connectivity index (χ0v) is 8.26. The molecule has 1 aliphatic heterocycles. The molecule has 1 saturated carbocycles. The van der Waals surface area contributed by atoms with Gasteiger partial charge >= 0.3 is 0 Å². The van der Waals surface area contributed by atoms with Gasteiger partial charge in [-0.1, -0.05) is 6.42 Å². The molecule has 0 radical (unpaired) electrons. The van der Waals surface area contributed by atoms with E-state index in [1.807, 2.05) is 6.92 Å². The molecule has 0 aromatic carbocycles. The number of hydrogen-bond donors (Lipinski definition) is 1. The number of allylic oxidation sites excluding steroid dienone is 1. The van der Waals surface area contributed by atoms with Gasteiger partial charge in [0.05, 0.1) is 5.54 Å². The summed E-state index contributed by atoms with van der Waals surface area (Å²) in [6, 6.07) is 0.325. The molecule has 1 aliphatic carbocycles. The highest BCUT2D eigenvalue weighted by Gasteiger charge is 2.36. The van der Waals surface area contributed by atoms with E-state index >= 15 is 0 Å². The van der Waals surface area contributed by atoms with E-state index in [2.05, 4.69) is 11.9 Å². The van der Waals surface area contributed by atoms with Crippen LogP contribution in [0.4, 0.5) is 0 Å². The van der Waals surface area contributed by atoms with Crippen molar-refractivity contribution >= 4 is 6.02 Å². The van der Waals surface area contributed by atoms with Crippen molar-refractivity contribution in [2.45, 2.75) is 45.1 Å². The average Bonchev–Trinajstić information content (AvgIpc) is 2.01. The molecule has 13 heavy (non-hydrogen) atoms. The van der Waals surface area contributed by atoms with Gasteiger partial charge in [-0.3, -0.25) is 0 Å². The van der Waals surface area contributed by atoms with Crippen molar-refractivity contribution in [2.75, 3.05) is 0 Å². The highest BCUT2D eigenvalue weighted by molar-refractivity contribution is 5.75. The number of fused-ring (bicyclic) bond motifs is 1. The first kappa shape index (κ1) is 8.60. The van der Waals surface area contributed by atoms with Crippen LogP contribution in [0, 0.1) is 0 Å². The fourth-order valence-corrected chi connectivity index (χ4v) is 2.35. The molecule has 1 atom stereocenters. The van der Waals surface area contributed by atoms with Crippen LogP contribution < -0.4 is 5.73 Å². The Morgan fingerprint density at radius 1 is 1.46 bits per heavy atom. The smallest absolute Gasteiger partial charge is 0.288 e. The molecule has 3 heteroatoms. The van der Waals surface area contributed by atoms with E-state index in [0.29, 0.717) is 6.02 Å². The third-order valence-electron chi connectivity index (χ3n) is 3.03. The standard InChI is InChI=1S/C10H16N2O/c1-7-8-5-3-4-6-10(8,2)12-9(11)13-7/h3-6H2,1-2H3,(H2,11,12). The minimum Gasteiger partial charge on any atom is -0.431 e. The van der Waals surface area contributed by atoms with Crippen LogP contribution in [-0.4, -0.2) is 11.6 Å². The predicted octanol–water partition coefficient (Wildman–Crippen LogP) is 1.94. The number of hydrogen-bond acceptors (Lipinski definition) is 3. The lowest BCUT2D eigenvalue weighted by molar-refractivity contribution is 0.312. The molecule has 2 N–H and O–H groups in total. The van der Waals surface area contributed by atoms with Gasteiger partial charge in [0.25, 0.3) is 6.02 Å². The predicted molar refractivity (Wildman–Crippen MR) is 52.3 cm³/mol. The van der Waals surface area contributed by atoms with E-state index in [-0.39, 0.29) is 5.54 Å². The Bertz CT molecular complexity index is 293. The Morgan fingerprint density at radius 3 is 3.00 bits per heavy atom. The molecule has 2 rings (SSSR count). The highest BCUT2D eigenvalue weighted by Crippen LogP contribution is 2.40. The Labute approximate surface area is 78.7 Å². The topological polar surface area (TPSA) is 47.6 Å². The Morgan fingerprint density at radius 2 is 2.23 bits per heavy atom. The van der Waals surface area contributed by atoms with Gasteiger partial charge < -0.3 is 10.5 Å². The summed E-state index contributed by atoms with van der Waals surface area (Å²) in [6.07, 6.45) is 4.70. The summed E-state index contributed by atoms with van der Waals surface area (Å²) < 4.78 is 5.33. The number of aliphatic imine (C=N–C) groups is 1. The largest absolute Gasteiger partial charge is 0.431 e. The number of rotatable bonds is 0. The molecule has 1 heterocycles. The van der Waals surface area contributed by atoms with Gasteiger partial charge in [-0.05, 0) is 38.7 Å². The normalized spacial score (nSPS) is 33.5. The highest BCUT2D eigenvalue weighted by atomic mass is 16.5. The Balaban J connectivity index is 2.39. The molecule has 0 amide bonds. The van der Waals surface area contributed by atoms with Gasteiger partial charge in [-0.2, -0.15) is 0 Å². The van der Waals surface area contributed by atoms with E-state index < -0.39 is 0 Å². The van der Waals surface area contributed by atoms with Gasteiger partial charge in [-0.15, -0.1) is 0 Å². The maximum Gasteiger partial charge on any atom is 0.288 e. The van der Waals surface area contributed by atoms with Crippen molar-refractivity contribution in [3.8, 4) is 0 Å². The first-order valence-corrected chi connectivity index (χ1v) is 4.85. The van der Waals surface area contributed by atoms with Gasteiger partial charge in [-0.25, -0.2) is 4.99 Å². The minimum atomic E-state index is -0.0648. The molecule has 0 aromatic heterocycles. The lowest BCUT2D eigenvalue weighted by atomic mass is 9.78. The second kappa shape index (κ2) is 2.76. The van der Waals surface area contributed by atoms with Crippen molar-refractivity contribution in [3.05, 3.63) is 11.3 Å². The zero-order valence-electron chi connectivity index (χ0n) is 8.26. The fourth-order valence-electron chi connectivity index (χ4n) is 2.35. The van der Waals surface area contributed by atoms with E-state index in [0.717, 1.165) is 18.6 Å². The Kier molecular flexibility index (Phi) is 1.82. The van der Waals surface area contributed by atoms with Crippen LogP contribution >= 0.6 is 0 Å². The van der Waals surface area contributed by atoms with E-state index in [1.165, 1.54) is 18.4 Å². The monoisotopic (exact) mass is 180 g/mol. The van der Waals surface area contributed by atoms with Crippen LogP contribution in [0.3, 0.4) is 0 Å². The fraction of sp³-hybridized carbons (Fsp3) is 0.700. The van der Waals surface area contributed by atoms with Crippen molar-refractivity contribution < 1.29 is 4.74 Å². The SMILES string of the molecule is CC1=C2CCCCC2(C)N=C(N)O1. The molecule has 2 aliphatic rings. The summed E-state index contributed by atoms with van der Waals surface area (Å²) >= 11 is 0. The third kappa shape index (κ3) is 1.32. The molecule has 72 valence electrons. The second-order valence-electron chi connectivity index (χ2n) is 4.07. The number of ether oxygens (including phenoxy) is 1. The van der Waals surface area contributed by atoms with E-state index in [1.54, 1.807) is 0 Å². The van der Waals surface area contributed by atoms with Crippen molar-refractivity contribution in [3.63, 3.8) is 0 Å². The average molecular weight is 180 g/mol. The second-order valence-corrected chi connectivity index (χ2v) is 4.07. The van der Waals surface area contributed by atoms with Gasteiger partial charge in [0.2, 0.25) is 0 Å². The van der Waals surface area contributed by atoms with Crippen LogP contribution in [0.2, 0.25) is 0 Å². The quantitative estimate of drug-likeness (QED) is 0.619. The molecular weight excluding hydrogens is 164 g/mol. The Hall–Kier alpha value is -0.990.